The molecule has 0 bridgehead atoms. The molecule has 1 rings (SSSR count). The first-order chi connectivity index (χ1) is 9.65. The molecule has 1 aromatic rings. The number of carboxylic acids is 1. The zero-order valence-corrected chi connectivity index (χ0v) is 13.6. The zero-order valence-electron chi connectivity index (χ0n) is 12.3. The van der Waals surface area contributed by atoms with E-state index in [1.54, 1.807) is 0 Å². The molecule has 1 atom stereocenters. The number of carbonyl (C=O) groups is 1. The minimum atomic E-state index is -0.667. The van der Waals surface area contributed by atoms with Crippen LogP contribution < -0.4 is 0 Å². The van der Waals surface area contributed by atoms with Gasteiger partial charge >= 0.3 is 128 Å². The molecular weight excluding hydrogens is 288 g/mol. The number of hydrogen-bond donors (Lipinski definition) is 1. The monoisotopic (exact) mass is 312 g/mol. The number of allylic oxidation sites excluding steroid dienone is 1. The van der Waals surface area contributed by atoms with Crippen LogP contribution in [0.3, 0.4) is 0 Å². The molecule has 3 heteroatoms. The summed E-state index contributed by atoms with van der Waals surface area (Å²) in [4.78, 5) is 10.8. The summed E-state index contributed by atoms with van der Waals surface area (Å²) in [5, 5.41) is 10.0. The van der Waals surface area contributed by atoms with E-state index in [0.29, 0.717) is 27.6 Å². The molecular formula is C17H24CrO2. The molecule has 1 aromatic carbocycles. The molecule has 0 aliphatic rings. The summed E-state index contributed by atoms with van der Waals surface area (Å²) in [5.41, 5.74) is 1.27. The van der Waals surface area contributed by atoms with Crippen LogP contribution in [0.2, 0.25) is 5.28 Å². The van der Waals surface area contributed by atoms with Gasteiger partial charge < -0.3 is 0 Å². The quantitative estimate of drug-likeness (QED) is 0.709. The first-order valence-corrected chi connectivity index (χ1v) is 8.79. The van der Waals surface area contributed by atoms with Crippen LogP contribution in [-0.4, -0.2) is 11.1 Å². The Labute approximate surface area is 128 Å². The standard InChI is InChI=1S/C10H11.C7H13O2.Cr/c1-2-3-7-10-8-5-4-6-9-10;1-3-6(4-2)5-7(8)9;/h4-9H,2H2,1H3;6H,1,3-5H2,2H3,(H,8,9);. The maximum absolute atomic E-state index is 10.8. The second kappa shape index (κ2) is 9.80. The van der Waals surface area contributed by atoms with Crippen LogP contribution >= 0.6 is 0 Å². The molecule has 0 spiro atoms. The SMILES string of the molecule is CC[C](=Cc1ccccc1)[Cr][CH2]CC(CC)CC(=O)O. The Morgan fingerprint density at radius 2 is 2.00 bits per heavy atom. The molecule has 110 valence electrons. The summed E-state index contributed by atoms with van der Waals surface area (Å²) in [5.74, 6) is -0.330. The third-order valence-corrected chi connectivity index (χ3v) is 5.23. The topological polar surface area (TPSA) is 37.3 Å². The first-order valence-electron chi connectivity index (χ1n) is 7.25. The molecule has 0 heterocycles. The Hall–Kier alpha value is -1.04. The van der Waals surface area contributed by atoms with Crippen molar-refractivity contribution in [3.8, 4) is 0 Å². The minimum absolute atomic E-state index is 0.316. The van der Waals surface area contributed by atoms with Crippen LogP contribution in [0.1, 0.15) is 45.1 Å². The van der Waals surface area contributed by atoms with Crippen LogP contribution in [0.4, 0.5) is 0 Å². The van der Waals surface area contributed by atoms with E-state index >= 15 is 0 Å². The van der Waals surface area contributed by atoms with Crippen molar-refractivity contribution < 1.29 is 25.1 Å². The molecule has 0 amide bonds. The van der Waals surface area contributed by atoms with Gasteiger partial charge in [0.05, 0.1) is 0 Å². The van der Waals surface area contributed by atoms with Gasteiger partial charge in [0.1, 0.15) is 0 Å². The van der Waals surface area contributed by atoms with Crippen LogP contribution in [0.25, 0.3) is 6.08 Å². The Balaban J connectivity index is 2.45. The van der Waals surface area contributed by atoms with Crippen molar-refractivity contribution in [1.29, 1.82) is 0 Å². The average Bonchev–Trinajstić information content (AvgIpc) is 2.45. The van der Waals surface area contributed by atoms with Crippen molar-refractivity contribution in [3.63, 3.8) is 0 Å². The normalized spacial score (nSPS) is 13.2. The van der Waals surface area contributed by atoms with Crippen LogP contribution in [0.5, 0.6) is 0 Å². The van der Waals surface area contributed by atoms with Crippen LogP contribution in [0.15, 0.2) is 34.8 Å². The predicted molar refractivity (Wildman–Crippen MR) is 80.2 cm³/mol. The number of aliphatic carboxylic acids is 1. The van der Waals surface area contributed by atoms with Crippen molar-refractivity contribution in [1.82, 2.24) is 0 Å². The van der Waals surface area contributed by atoms with Gasteiger partial charge in [0, 0.05) is 0 Å². The van der Waals surface area contributed by atoms with Gasteiger partial charge in [-0.15, -0.1) is 0 Å². The van der Waals surface area contributed by atoms with Gasteiger partial charge in [0.2, 0.25) is 0 Å². The van der Waals surface area contributed by atoms with E-state index in [-0.39, 0.29) is 0 Å². The Kier molecular flexibility index (Phi) is 8.34. The molecule has 1 N–H and O–H groups in total. The molecule has 20 heavy (non-hydrogen) atoms. The summed E-state index contributed by atoms with van der Waals surface area (Å²) in [6, 6.07) is 10.4. The molecule has 0 fully saturated rings. The van der Waals surface area contributed by atoms with E-state index in [0.717, 1.165) is 24.5 Å². The molecule has 0 saturated carbocycles. The summed E-state index contributed by atoms with van der Waals surface area (Å²) in [6.45, 7) is 4.28. The molecule has 2 nitrogen and oxygen atoms in total. The van der Waals surface area contributed by atoms with Crippen molar-refractivity contribution in [2.24, 2.45) is 5.92 Å². The first kappa shape index (κ1) is 17.0. The maximum atomic E-state index is 10.8. The zero-order chi connectivity index (χ0) is 14.8. The van der Waals surface area contributed by atoms with Crippen molar-refractivity contribution >= 4 is 12.0 Å². The fraction of sp³-hybridized carbons (Fsp3) is 0.471. The molecule has 0 saturated heterocycles. The van der Waals surface area contributed by atoms with Gasteiger partial charge in [-0.2, -0.15) is 0 Å². The second-order valence-electron chi connectivity index (χ2n) is 4.88. The number of hydrogen-bond acceptors (Lipinski definition) is 1. The van der Waals surface area contributed by atoms with Gasteiger partial charge in [-0.25, -0.2) is 0 Å². The molecule has 0 radical (unpaired) electrons. The van der Waals surface area contributed by atoms with E-state index in [1.807, 2.05) is 6.07 Å². The Morgan fingerprint density at radius 3 is 2.55 bits per heavy atom. The second-order valence-corrected chi connectivity index (χ2v) is 6.79. The molecule has 0 aliphatic carbocycles. The number of rotatable bonds is 9. The van der Waals surface area contributed by atoms with E-state index < -0.39 is 5.97 Å². The summed E-state index contributed by atoms with van der Waals surface area (Å²) in [6.07, 6.45) is 5.69. The number of carboxylic acid groups (broad SMARTS) is 1. The summed E-state index contributed by atoms with van der Waals surface area (Å²) in [7, 11) is 0. The van der Waals surface area contributed by atoms with Crippen LogP contribution in [0, 0.1) is 5.92 Å². The van der Waals surface area contributed by atoms with Gasteiger partial charge in [-0.1, -0.05) is 0 Å². The van der Waals surface area contributed by atoms with E-state index in [2.05, 4.69) is 44.2 Å². The van der Waals surface area contributed by atoms with E-state index in [9.17, 15) is 4.79 Å². The Morgan fingerprint density at radius 1 is 1.30 bits per heavy atom. The summed E-state index contributed by atoms with van der Waals surface area (Å²) >= 11 is 0.483. The van der Waals surface area contributed by atoms with E-state index in [1.165, 1.54) is 10.00 Å². The fourth-order valence-electron chi connectivity index (χ4n) is 2.04. The average molecular weight is 312 g/mol. The summed E-state index contributed by atoms with van der Waals surface area (Å²) < 4.78 is 1.51. The van der Waals surface area contributed by atoms with Gasteiger partial charge in [-0.3, -0.25) is 0 Å². The van der Waals surface area contributed by atoms with Crippen LogP contribution in [-0.2, 0) is 20.0 Å². The Bertz CT molecular complexity index is 426. The van der Waals surface area contributed by atoms with E-state index in [4.69, 9.17) is 5.11 Å². The fourth-order valence-corrected chi connectivity index (χ4v) is 3.81. The number of benzene rings is 1. The van der Waals surface area contributed by atoms with Gasteiger partial charge in [0.15, 0.2) is 0 Å². The van der Waals surface area contributed by atoms with Crippen molar-refractivity contribution in [2.75, 3.05) is 0 Å². The molecule has 0 aliphatic heterocycles. The third-order valence-electron chi connectivity index (χ3n) is 3.33. The predicted octanol–water partition coefficient (Wildman–Crippen LogP) is 4.83. The third kappa shape index (κ3) is 6.94. The van der Waals surface area contributed by atoms with Crippen molar-refractivity contribution in [3.05, 3.63) is 40.3 Å². The van der Waals surface area contributed by atoms with Gasteiger partial charge in [0.25, 0.3) is 0 Å². The van der Waals surface area contributed by atoms with Gasteiger partial charge in [-0.05, 0) is 0 Å². The molecule has 1 unspecified atom stereocenters. The van der Waals surface area contributed by atoms with Crippen molar-refractivity contribution in [2.45, 2.75) is 44.8 Å². The molecule has 0 aromatic heterocycles.